The summed E-state index contributed by atoms with van der Waals surface area (Å²) in [6.07, 6.45) is -0.741. The van der Waals surface area contributed by atoms with E-state index in [4.69, 9.17) is 0 Å². The number of rotatable bonds is 2. The predicted molar refractivity (Wildman–Crippen MR) is 74.3 cm³/mol. The summed E-state index contributed by atoms with van der Waals surface area (Å²) >= 11 is 3.40. The van der Waals surface area contributed by atoms with Crippen molar-refractivity contribution >= 4 is 27.0 Å². The van der Waals surface area contributed by atoms with Gasteiger partial charge in [-0.15, -0.1) is 0 Å². The molecule has 0 radical (unpaired) electrons. The number of aromatic amines is 1. The van der Waals surface area contributed by atoms with Crippen LogP contribution in [0.4, 0.5) is 0 Å². The number of hydrogen-bond donors (Lipinski definition) is 2. The lowest BCUT2D eigenvalue weighted by molar-refractivity contribution is 0.211. The van der Waals surface area contributed by atoms with Crippen molar-refractivity contribution in [2.75, 3.05) is 0 Å². The maximum absolute atomic E-state index is 10.3. The molecule has 0 bridgehead atoms. The van der Waals surface area contributed by atoms with Crippen LogP contribution in [-0.2, 0) is 0 Å². The molecular weight excluding hydrogens is 292 g/mol. The molecule has 1 unspecified atom stereocenters. The van der Waals surface area contributed by atoms with Gasteiger partial charge in [0.15, 0.2) is 0 Å². The molecular formula is C14H11BrN2O. The van der Waals surface area contributed by atoms with Crippen molar-refractivity contribution in [3.05, 3.63) is 64.4 Å². The van der Waals surface area contributed by atoms with E-state index in [1.165, 1.54) is 0 Å². The second-order valence-corrected chi connectivity index (χ2v) is 5.01. The molecule has 0 aliphatic carbocycles. The first-order valence-corrected chi connectivity index (χ1v) is 6.41. The van der Waals surface area contributed by atoms with Gasteiger partial charge in [-0.05, 0) is 29.8 Å². The van der Waals surface area contributed by atoms with Crippen molar-refractivity contribution in [1.82, 2.24) is 9.97 Å². The zero-order valence-electron chi connectivity index (χ0n) is 9.47. The van der Waals surface area contributed by atoms with Crippen LogP contribution in [0.15, 0.2) is 53.0 Å². The van der Waals surface area contributed by atoms with Crippen LogP contribution in [0.25, 0.3) is 11.0 Å². The van der Waals surface area contributed by atoms with Crippen LogP contribution >= 0.6 is 15.9 Å². The SMILES string of the molecule is OC(c1cccc(Br)c1)c1nc2ccccc2[nH]1. The summed E-state index contributed by atoms with van der Waals surface area (Å²) < 4.78 is 0.940. The first kappa shape index (κ1) is 11.4. The summed E-state index contributed by atoms with van der Waals surface area (Å²) in [7, 11) is 0. The van der Waals surface area contributed by atoms with Gasteiger partial charge >= 0.3 is 0 Å². The van der Waals surface area contributed by atoms with Crippen LogP contribution in [0, 0.1) is 0 Å². The minimum absolute atomic E-state index is 0.564. The molecule has 1 aromatic heterocycles. The van der Waals surface area contributed by atoms with Gasteiger partial charge in [-0.1, -0.05) is 40.2 Å². The highest BCUT2D eigenvalue weighted by Gasteiger charge is 2.14. The lowest BCUT2D eigenvalue weighted by Gasteiger charge is -2.08. The van der Waals surface area contributed by atoms with E-state index in [2.05, 4.69) is 25.9 Å². The van der Waals surface area contributed by atoms with E-state index in [1.54, 1.807) is 0 Å². The van der Waals surface area contributed by atoms with E-state index in [-0.39, 0.29) is 0 Å². The fraction of sp³-hybridized carbons (Fsp3) is 0.0714. The van der Waals surface area contributed by atoms with E-state index >= 15 is 0 Å². The van der Waals surface area contributed by atoms with Gasteiger partial charge in [-0.3, -0.25) is 0 Å². The Hall–Kier alpha value is -1.65. The topological polar surface area (TPSA) is 48.9 Å². The molecule has 0 spiro atoms. The maximum Gasteiger partial charge on any atom is 0.140 e. The van der Waals surface area contributed by atoms with Crippen LogP contribution in [0.3, 0.4) is 0 Å². The number of fused-ring (bicyclic) bond motifs is 1. The van der Waals surface area contributed by atoms with E-state index in [0.29, 0.717) is 5.82 Å². The second kappa shape index (κ2) is 4.55. The van der Waals surface area contributed by atoms with Gasteiger partial charge in [0.25, 0.3) is 0 Å². The third-order valence-electron chi connectivity index (χ3n) is 2.83. The molecule has 90 valence electrons. The number of para-hydroxylation sites is 2. The molecule has 3 rings (SSSR count). The van der Waals surface area contributed by atoms with Gasteiger partial charge in [0, 0.05) is 4.47 Å². The maximum atomic E-state index is 10.3. The molecule has 0 saturated heterocycles. The summed E-state index contributed by atoms with van der Waals surface area (Å²) in [6.45, 7) is 0. The average molecular weight is 303 g/mol. The Morgan fingerprint density at radius 3 is 2.72 bits per heavy atom. The van der Waals surface area contributed by atoms with E-state index < -0.39 is 6.10 Å². The van der Waals surface area contributed by atoms with Crippen LogP contribution < -0.4 is 0 Å². The number of benzene rings is 2. The van der Waals surface area contributed by atoms with Gasteiger partial charge in [-0.25, -0.2) is 4.98 Å². The molecule has 4 heteroatoms. The summed E-state index contributed by atoms with van der Waals surface area (Å²) in [5.74, 6) is 0.564. The fourth-order valence-corrected chi connectivity index (χ4v) is 2.35. The summed E-state index contributed by atoms with van der Waals surface area (Å²) in [6, 6.07) is 15.3. The molecule has 3 aromatic rings. The fourth-order valence-electron chi connectivity index (χ4n) is 1.94. The van der Waals surface area contributed by atoms with Gasteiger partial charge in [-0.2, -0.15) is 0 Å². The van der Waals surface area contributed by atoms with Crippen molar-refractivity contribution in [2.24, 2.45) is 0 Å². The van der Waals surface area contributed by atoms with Gasteiger partial charge in [0.1, 0.15) is 11.9 Å². The highest BCUT2D eigenvalue weighted by molar-refractivity contribution is 9.10. The van der Waals surface area contributed by atoms with Crippen molar-refractivity contribution in [3.63, 3.8) is 0 Å². The first-order chi connectivity index (χ1) is 8.74. The summed E-state index contributed by atoms with van der Waals surface area (Å²) in [4.78, 5) is 7.53. The van der Waals surface area contributed by atoms with E-state index in [0.717, 1.165) is 21.1 Å². The lowest BCUT2D eigenvalue weighted by Crippen LogP contribution is -2.01. The van der Waals surface area contributed by atoms with Gasteiger partial charge in [0.05, 0.1) is 11.0 Å². The Balaban J connectivity index is 2.03. The molecule has 2 N–H and O–H groups in total. The summed E-state index contributed by atoms with van der Waals surface area (Å²) in [5.41, 5.74) is 2.60. The number of nitrogens with one attached hydrogen (secondary N) is 1. The molecule has 0 amide bonds. The zero-order chi connectivity index (χ0) is 12.5. The van der Waals surface area contributed by atoms with E-state index in [9.17, 15) is 5.11 Å². The Morgan fingerprint density at radius 1 is 1.11 bits per heavy atom. The molecule has 0 aliphatic rings. The number of imidazole rings is 1. The second-order valence-electron chi connectivity index (χ2n) is 4.10. The normalized spacial score (nSPS) is 12.8. The van der Waals surface area contributed by atoms with Gasteiger partial charge < -0.3 is 10.1 Å². The molecule has 0 saturated carbocycles. The molecule has 1 atom stereocenters. The van der Waals surface area contributed by atoms with Crippen molar-refractivity contribution in [3.8, 4) is 0 Å². The average Bonchev–Trinajstić information content (AvgIpc) is 2.81. The number of aromatic nitrogens is 2. The Morgan fingerprint density at radius 2 is 1.94 bits per heavy atom. The minimum Gasteiger partial charge on any atom is -0.380 e. The smallest absolute Gasteiger partial charge is 0.140 e. The largest absolute Gasteiger partial charge is 0.380 e. The molecule has 3 nitrogen and oxygen atoms in total. The lowest BCUT2D eigenvalue weighted by atomic mass is 10.1. The zero-order valence-corrected chi connectivity index (χ0v) is 11.1. The monoisotopic (exact) mass is 302 g/mol. The van der Waals surface area contributed by atoms with Crippen molar-refractivity contribution in [1.29, 1.82) is 0 Å². The number of halogens is 1. The molecule has 1 heterocycles. The van der Waals surface area contributed by atoms with Crippen molar-refractivity contribution in [2.45, 2.75) is 6.10 Å². The number of aliphatic hydroxyl groups excluding tert-OH is 1. The minimum atomic E-state index is -0.741. The third-order valence-corrected chi connectivity index (χ3v) is 3.32. The van der Waals surface area contributed by atoms with Crippen LogP contribution in [-0.4, -0.2) is 15.1 Å². The number of aliphatic hydroxyl groups is 1. The quantitative estimate of drug-likeness (QED) is 0.762. The summed E-state index contributed by atoms with van der Waals surface area (Å²) in [5, 5.41) is 10.3. The predicted octanol–water partition coefficient (Wildman–Crippen LogP) is 3.41. The van der Waals surface area contributed by atoms with Crippen LogP contribution in [0.5, 0.6) is 0 Å². The Bertz CT molecular complexity index is 660. The third kappa shape index (κ3) is 2.05. The van der Waals surface area contributed by atoms with E-state index in [1.807, 2.05) is 48.5 Å². The molecule has 0 fully saturated rings. The van der Waals surface area contributed by atoms with Crippen molar-refractivity contribution < 1.29 is 5.11 Å². The first-order valence-electron chi connectivity index (χ1n) is 5.62. The Labute approximate surface area is 113 Å². The number of nitrogens with zero attached hydrogens (tertiary/aromatic N) is 1. The van der Waals surface area contributed by atoms with Crippen LogP contribution in [0.1, 0.15) is 17.5 Å². The van der Waals surface area contributed by atoms with Crippen LogP contribution in [0.2, 0.25) is 0 Å². The molecule has 2 aromatic carbocycles. The number of H-pyrrole nitrogens is 1. The highest BCUT2D eigenvalue weighted by Crippen LogP contribution is 2.24. The number of hydrogen-bond acceptors (Lipinski definition) is 2. The van der Waals surface area contributed by atoms with Gasteiger partial charge in [0.2, 0.25) is 0 Å². The molecule has 0 aliphatic heterocycles. The standard InChI is InChI=1S/C14H11BrN2O/c15-10-5-3-4-9(8-10)13(18)14-16-11-6-1-2-7-12(11)17-14/h1-8,13,18H,(H,16,17). The molecule has 18 heavy (non-hydrogen) atoms. The Kier molecular flexibility index (Phi) is 2.89. The highest BCUT2D eigenvalue weighted by atomic mass is 79.9.